The molecule has 0 radical (unpaired) electrons. The molecule has 0 spiro atoms. The molecular formula is C23H27BBrF2N3O2. The van der Waals surface area contributed by atoms with E-state index in [1.807, 2.05) is 39.8 Å². The number of rotatable bonds is 4. The first-order valence-corrected chi connectivity index (χ1v) is 11.6. The van der Waals surface area contributed by atoms with Crippen LogP contribution >= 0.6 is 15.9 Å². The Morgan fingerprint density at radius 3 is 2.22 bits per heavy atom. The number of nitrogens with zero attached hydrogens (tertiary/aromatic N) is 2. The summed E-state index contributed by atoms with van der Waals surface area (Å²) in [5, 5.41) is 6.95. The lowest BCUT2D eigenvalue weighted by Crippen LogP contribution is -2.41. The van der Waals surface area contributed by atoms with Crippen molar-refractivity contribution in [3.05, 3.63) is 59.3 Å². The number of halogens is 3. The normalized spacial score (nSPS) is 21.0. The molecule has 1 saturated heterocycles. The van der Waals surface area contributed by atoms with Crippen molar-refractivity contribution in [2.75, 3.05) is 5.33 Å². The molecule has 2 aliphatic rings. The highest BCUT2D eigenvalue weighted by atomic mass is 79.9. The van der Waals surface area contributed by atoms with Crippen molar-refractivity contribution in [1.82, 2.24) is 4.98 Å². The lowest BCUT2D eigenvalue weighted by atomic mass is 9.84. The number of benzene rings is 1. The molecule has 0 amide bonds. The number of hydrogen-bond acceptors (Lipinski definition) is 5. The Morgan fingerprint density at radius 2 is 1.72 bits per heavy atom. The molecule has 5 nitrogen and oxygen atoms in total. The van der Waals surface area contributed by atoms with E-state index >= 15 is 0 Å². The van der Waals surface area contributed by atoms with Gasteiger partial charge in [-0.2, -0.15) is 0 Å². The molecule has 170 valence electrons. The molecule has 0 bridgehead atoms. The van der Waals surface area contributed by atoms with Crippen molar-refractivity contribution in [2.24, 2.45) is 4.99 Å². The highest BCUT2D eigenvalue weighted by Gasteiger charge is 2.52. The van der Waals surface area contributed by atoms with Crippen LogP contribution in [0.3, 0.4) is 0 Å². The van der Waals surface area contributed by atoms with Gasteiger partial charge in [0, 0.05) is 23.5 Å². The molecule has 1 N–H and O–H groups in total. The molecule has 32 heavy (non-hydrogen) atoms. The lowest BCUT2D eigenvalue weighted by Gasteiger charge is -2.32. The molecular weight excluding hydrogens is 479 g/mol. The maximum absolute atomic E-state index is 14.0. The van der Waals surface area contributed by atoms with Crippen LogP contribution in [0.4, 0.5) is 8.78 Å². The summed E-state index contributed by atoms with van der Waals surface area (Å²) in [5.74, 6) is -1.15. The Morgan fingerprint density at radius 1 is 1.12 bits per heavy atom. The minimum atomic E-state index is -0.575. The number of aromatic nitrogens is 1. The van der Waals surface area contributed by atoms with Crippen molar-refractivity contribution in [3.63, 3.8) is 0 Å². The second-order valence-corrected chi connectivity index (χ2v) is 9.34. The molecule has 1 unspecified atom stereocenters. The monoisotopic (exact) mass is 505 g/mol. The molecule has 2 aliphatic heterocycles. The van der Waals surface area contributed by atoms with Gasteiger partial charge >= 0.3 is 7.12 Å². The number of alkyl halides is 1. The minimum absolute atomic E-state index is 0.0215. The van der Waals surface area contributed by atoms with Crippen LogP contribution in [-0.4, -0.2) is 40.6 Å². The first-order valence-electron chi connectivity index (χ1n) is 10.5. The predicted molar refractivity (Wildman–Crippen MR) is 127 cm³/mol. The van der Waals surface area contributed by atoms with Crippen LogP contribution < -0.4 is 5.59 Å². The van der Waals surface area contributed by atoms with E-state index in [2.05, 4.69) is 25.9 Å². The maximum atomic E-state index is 14.0. The topological polar surface area (TPSA) is 67.6 Å². The quantitative estimate of drug-likeness (QED) is 0.360. The zero-order valence-electron chi connectivity index (χ0n) is 18.7. The maximum Gasteiger partial charge on any atom is 0.514 e. The smallest absolute Gasteiger partial charge is 0.398 e. The van der Waals surface area contributed by atoms with Gasteiger partial charge in [0.25, 0.3) is 0 Å². The lowest BCUT2D eigenvalue weighted by molar-refractivity contribution is 0.00578. The SMILES string of the molecule is CC1(C)OB(c2ccc(C3CCC(c4c(F)cccc4F)=N3)cn2)OC1(C)C.N=CCBr. The van der Waals surface area contributed by atoms with Gasteiger partial charge in [-0.15, -0.1) is 0 Å². The average Bonchev–Trinajstić information content (AvgIpc) is 3.30. The third kappa shape index (κ3) is 5.16. The van der Waals surface area contributed by atoms with Crippen LogP contribution in [0.15, 0.2) is 41.5 Å². The Hall–Kier alpha value is -1.97. The minimum Gasteiger partial charge on any atom is -0.398 e. The van der Waals surface area contributed by atoms with Crippen LogP contribution in [0, 0.1) is 17.0 Å². The van der Waals surface area contributed by atoms with Crippen molar-refractivity contribution in [3.8, 4) is 0 Å². The summed E-state index contributed by atoms with van der Waals surface area (Å²) < 4.78 is 40.1. The fraction of sp³-hybridized carbons (Fsp3) is 0.435. The molecule has 1 fully saturated rings. The third-order valence-corrected chi connectivity index (χ3v) is 6.31. The summed E-state index contributed by atoms with van der Waals surface area (Å²) in [5.41, 5.74) is 1.21. The third-order valence-electron chi connectivity index (χ3n) is 5.98. The number of pyridine rings is 1. The standard InChI is InChI=1S/C21H23BF2N2O2.C2H4BrN/c1-20(2)21(3,4)28-22(27-20)18-11-8-13(12-25-18)16-9-10-17(26-16)19-14(23)6-5-7-15(19)24;3-1-2-4/h5-8,11-12,16H,9-10H2,1-4H3;2,4H,1H2. The molecule has 1 aromatic carbocycles. The Balaban J connectivity index is 0.000000668. The van der Waals surface area contributed by atoms with Crippen molar-refractivity contribution < 1.29 is 18.1 Å². The van der Waals surface area contributed by atoms with Gasteiger partial charge in [-0.3, -0.25) is 9.98 Å². The molecule has 0 aliphatic carbocycles. The van der Waals surface area contributed by atoms with E-state index in [0.717, 1.165) is 5.56 Å². The van der Waals surface area contributed by atoms with E-state index < -0.39 is 30.0 Å². The summed E-state index contributed by atoms with van der Waals surface area (Å²) in [6, 6.07) is 7.52. The van der Waals surface area contributed by atoms with Crippen LogP contribution in [0.5, 0.6) is 0 Å². The van der Waals surface area contributed by atoms with Gasteiger partial charge in [0.05, 0.1) is 28.4 Å². The molecule has 0 saturated carbocycles. The first-order chi connectivity index (χ1) is 15.1. The molecule has 2 aromatic rings. The Bertz CT molecular complexity index is 963. The number of nitrogens with one attached hydrogen (secondary N) is 1. The number of aliphatic imine (C=N–C) groups is 1. The van der Waals surface area contributed by atoms with E-state index in [1.54, 1.807) is 6.20 Å². The van der Waals surface area contributed by atoms with Gasteiger partial charge in [0.2, 0.25) is 0 Å². The zero-order valence-corrected chi connectivity index (χ0v) is 20.2. The van der Waals surface area contributed by atoms with E-state index in [-0.39, 0.29) is 11.6 Å². The summed E-state index contributed by atoms with van der Waals surface area (Å²) in [7, 11) is -0.519. The Kier molecular flexibility index (Phi) is 7.63. The highest BCUT2D eigenvalue weighted by molar-refractivity contribution is 9.09. The van der Waals surface area contributed by atoms with Gasteiger partial charge in [0.15, 0.2) is 0 Å². The molecule has 9 heteroatoms. The molecule has 1 aromatic heterocycles. The van der Waals surface area contributed by atoms with Gasteiger partial charge in [0.1, 0.15) is 11.6 Å². The Labute approximate surface area is 196 Å². The van der Waals surface area contributed by atoms with Gasteiger partial charge in [-0.1, -0.05) is 28.1 Å². The fourth-order valence-electron chi connectivity index (χ4n) is 3.51. The van der Waals surface area contributed by atoms with Crippen LogP contribution in [-0.2, 0) is 9.31 Å². The second-order valence-electron chi connectivity index (χ2n) is 8.69. The highest BCUT2D eigenvalue weighted by Crippen LogP contribution is 2.36. The van der Waals surface area contributed by atoms with E-state index in [0.29, 0.717) is 29.5 Å². The first kappa shape index (κ1) is 24.7. The van der Waals surface area contributed by atoms with Crippen LogP contribution in [0.25, 0.3) is 0 Å². The van der Waals surface area contributed by atoms with Crippen molar-refractivity contribution in [1.29, 1.82) is 5.41 Å². The fourth-order valence-corrected chi connectivity index (χ4v) is 3.51. The predicted octanol–water partition coefficient (Wildman–Crippen LogP) is 5.01. The van der Waals surface area contributed by atoms with E-state index in [4.69, 9.17) is 14.7 Å². The summed E-state index contributed by atoms with van der Waals surface area (Å²) in [6.45, 7) is 7.99. The second kappa shape index (κ2) is 9.89. The molecule has 4 rings (SSSR count). The average molecular weight is 506 g/mol. The molecule has 1 atom stereocenters. The van der Waals surface area contributed by atoms with Gasteiger partial charge < -0.3 is 14.7 Å². The van der Waals surface area contributed by atoms with Crippen LogP contribution in [0.1, 0.15) is 57.7 Å². The summed E-state index contributed by atoms with van der Waals surface area (Å²) >= 11 is 3.01. The van der Waals surface area contributed by atoms with Gasteiger partial charge in [-0.25, -0.2) is 8.78 Å². The van der Waals surface area contributed by atoms with Crippen molar-refractivity contribution >= 4 is 40.6 Å². The molecule has 3 heterocycles. The van der Waals surface area contributed by atoms with E-state index in [9.17, 15) is 8.78 Å². The number of hydrogen-bond donors (Lipinski definition) is 1. The summed E-state index contributed by atoms with van der Waals surface area (Å²) in [4.78, 5) is 9.06. The summed E-state index contributed by atoms with van der Waals surface area (Å²) in [6.07, 6.45) is 4.26. The van der Waals surface area contributed by atoms with Crippen molar-refractivity contribution in [2.45, 2.75) is 57.8 Å². The van der Waals surface area contributed by atoms with Crippen LogP contribution in [0.2, 0.25) is 0 Å². The zero-order chi connectivity index (χ0) is 23.5. The van der Waals surface area contributed by atoms with Gasteiger partial charge in [-0.05, 0) is 64.3 Å². The largest absolute Gasteiger partial charge is 0.514 e. The van der Waals surface area contributed by atoms with E-state index in [1.165, 1.54) is 24.4 Å².